The van der Waals surface area contributed by atoms with Crippen molar-refractivity contribution in [3.8, 4) is 0 Å². The molecule has 117 heavy (non-hydrogen) atoms. The monoisotopic (exact) mass is 1680 g/mol. The number of aldehydes is 1. The summed E-state index contributed by atoms with van der Waals surface area (Å²) < 4.78 is 102. The van der Waals surface area contributed by atoms with E-state index >= 15 is 4.79 Å². The molecule has 0 unspecified atom stereocenters. The van der Waals surface area contributed by atoms with E-state index in [4.69, 9.17) is 80.5 Å². The standard InChI is InChI=1S/C77H120O40/c1-27-40(84)57(107-30(4)80)53(97)68(104-27)111-55-29(3)106-69(60(50(55)94)115-66-49(93)45(89)54(28(2)105-66)110-65-52(96)56(35(83)25-103-65)112-63-46(90)41(85)33(81)23-101-63)117-71(100)77-19-17-72(5,6)21-32(77)31-11-12-38-73(7)15-14-39(74(8,26-79)37(73)13-16-76(38,10)75(31,9)18-20-77)109-70-61(116-67-48(92)44(88)43(87)36(22-78)108-67)58(51(95)59(114-70)62(98)99)113-64-47(91)42(86)34(82)24-102-64/h11,26-29,32-61,63-70,78,81-97H,12-25H2,1-10H3,(H,98,99)/t27-,28+,29-,32+,33-,34-,35-,36-,37-,38-,39+,40-,41+,42+,43+,44+,45+,46-,47-,48-,49-,50+,51+,52-,53-,54+,55+,56+,57+,58+,59+,60-,61-,63+,64+,65+,66+,67+,68+,69+,70-,73+,74+,75-,76-,77+/m1/s1. The molecule has 0 aromatic heterocycles. The third kappa shape index (κ3) is 16.4. The summed E-state index contributed by atoms with van der Waals surface area (Å²) in [6, 6.07) is 0. The summed E-state index contributed by atoms with van der Waals surface area (Å²) in [4.78, 5) is 55.8. The van der Waals surface area contributed by atoms with Gasteiger partial charge in [0, 0.05) is 6.92 Å². The summed E-state index contributed by atoms with van der Waals surface area (Å²) in [6.45, 7) is 15.4. The molecular weight excluding hydrogens is 1560 g/mol. The first-order chi connectivity index (χ1) is 54.9. The second-order valence-electron chi connectivity index (χ2n) is 36.4. The number of aliphatic carboxylic acids is 1. The fraction of sp³-hybridized carbons (Fsp3) is 0.922. The lowest BCUT2D eigenvalue weighted by Crippen LogP contribution is -2.69. The van der Waals surface area contributed by atoms with Crippen LogP contribution in [0.5, 0.6) is 0 Å². The predicted molar refractivity (Wildman–Crippen MR) is 382 cm³/mol. The Hall–Kier alpha value is -3.50. The van der Waals surface area contributed by atoms with Crippen LogP contribution >= 0.6 is 0 Å². The molecule has 13 rings (SSSR count). The molecule has 13 aliphatic rings. The number of carboxylic acid groups (broad SMARTS) is 1. The highest BCUT2D eigenvalue weighted by Gasteiger charge is 2.72. The minimum Gasteiger partial charge on any atom is -0.479 e. The number of carbonyl (C=O) groups is 4. The molecule has 0 aromatic rings. The van der Waals surface area contributed by atoms with Gasteiger partial charge in [-0.2, -0.15) is 0 Å². The molecule has 8 aliphatic heterocycles. The molecule has 0 radical (unpaired) electrons. The van der Waals surface area contributed by atoms with Gasteiger partial charge >= 0.3 is 17.9 Å². The van der Waals surface area contributed by atoms with E-state index in [9.17, 15) is 111 Å². The summed E-state index contributed by atoms with van der Waals surface area (Å²) in [7, 11) is 0. The van der Waals surface area contributed by atoms with Gasteiger partial charge in [0.05, 0.1) is 61.7 Å². The summed E-state index contributed by atoms with van der Waals surface area (Å²) in [5.41, 5.74) is -3.89. The highest BCUT2D eigenvalue weighted by atomic mass is 16.8. The number of fused-ring (bicyclic) bond motifs is 7. The van der Waals surface area contributed by atoms with E-state index in [-0.39, 0.29) is 24.2 Å². The lowest BCUT2D eigenvalue weighted by Gasteiger charge is -2.71. The topological polar surface area (TPSA) is 610 Å². The molecule has 668 valence electrons. The quantitative estimate of drug-likeness (QED) is 0.0234. The predicted octanol–water partition coefficient (Wildman–Crippen LogP) is -5.90. The first kappa shape index (κ1) is 91.2. The number of carbonyl (C=O) groups excluding carboxylic acids is 3. The van der Waals surface area contributed by atoms with Crippen molar-refractivity contribution in [1.82, 2.24) is 0 Å². The Morgan fingerprint density at radius 3 is 1.58 bits per heavy atom. The van der Waals surface area contributed by atoms with Gasteiger partial charge in [-0.3, -0.25) is 9.59 Å². The lowest BCUT2D eigenvalue weighted by molar-refractivity contribution is -0.391. The summed E-state index contributed by atoms with van der Waals surface area (Å²) in [5.74, 6) is -4.44. The van der Waals surface area contributed by atoms with E-state index in [0.29, 0.717) is 51.4 Å². The van der Waals surface area contributed by atoms with Crippen LogP contribution in [0.1, 0.15) is 133 Å². The van der Waals surface area contributed by atoms with E-state index in [1.165, 1.54) is 20.8 Å². The SMILES string of the molecule is CC(=O)O[C@@H]1[C@@H](O)[C@H](O[C@@H]2[C@H](O)[C@@H](O[C@@H]3O[C@@H](C)[C@H](O[C@@H]4OC[C@@H](O)[C@H](O[C@@H]5OC[C@@H](O)[C@H](O)[C@H]5O)[C@H]4O)[C@@H](O)[C@H]3O)[C@H](OC(=O)[C@]34CCC(C)(C)C[C@H]3C3=CC[C@@H]5[C@@]6(C)CC[C@H](O[C@@H]7O[C@H](C(=O)O)[C@@H](O)[C@H](O[C@@H]8OC[C@@H](O)[C@H](O)[C@H]8O)[C@H]7O[C@@H]7O[C@H](CO)[C@H](O)[C@H](O)[C@H]7O)[C@@](C)(C=O)[C@@H]6CC[C@@]5(C)[C@]3(C)CC4)O[C@@H]2C)O[C@H](C)[C@H]1O. The van der Waals surface area contributed by atoms with Gasteiger partial charge in [0.2, 0.25) is 6.29 Å². The molecule has 8 saturated heterocycles. The van der Waals surface area contributed by atoms with Crippen molar-refractivity contribution in [3.05, 3.63) is 11.6 Å². The van der Waals surface area contributed by atoms with Gasteiger partial charge in [0.15, 0.2) is 62.3 Å². The second-order valence-corrected chi connectivity index (χ2v) is 36.4. The molecular formula is C77H120O40. The number of aliphatic hydroxyl groups excluding tert-OH is 18. The van der Waals surface area contributed by atoms with Crippen molar-refractivity contribution in [2.45, 2.75) is 367 Å². The number of allylic oxidation sites excluding steroid dienone is 2. The largest absolute Gasteiger partial charge is 0.479 e. The summed E-state index contributed by atoms with van der Waals surface area (Å²) in [5, 5.41) is 210. The maximum atomic E-state index is 16.2. The molecule has 8 heterocycles. The van der Waals surface area contributed by atoms with Gasteiger partial charge in [0.1, 0.15) is 147 Å². The van der Waals surface area contributed by atoms with Crippen LogP contribution < -0.4 is 0 Å². The van der Waals surface area contributed by atoms with Crippen LogP contribution in [0.2, 0.25) is 0 Å². The second kappa shape index (κ2) is 34.8. The van der Waals surface area contributed by atoms with Crippen LogP contribution in [-0.4, -0.2) is 381 Å². The fourth-order valence-corrected chi connectivity index (χ4v) is 21.7. The lowest BCUT2D eigenvalue weighted by atomic mass is 9.33. The number of rotatable bonds is 20. The van der Waals surface area contributed by atoms with Crippen LogP contribution in [0.15, 0.2) is 11.6 Å². The highest BCUT2D eigenvalue weighted by Crippen LogP contribution is 2.76. The van der Waals surface area contributed by atoms with Crippen LogP contribution in [0, 0.1) is 50.2 Å². The van der Waals surface area contributed by atoms with E-state index in [1.54, 1.807) is 6.92 Å². The molecule has 0 aromatic carbocycles. The van der Waals surface area contributed by atoms with Crippen molar-refractivity contribution in [2.24, 2.45) is 50.2 Å². The number of carboxylic acids is 1. The van der Waals surface area contributed by atoms with Crippen LogP contribution in [0.3, 0.4) is 0 Å². The molecule has 5 aliphatic carbocycles. The van der Waals surface area contributed by atoms with E-state index in [1.807, 2.05) is 0 Å². The van der Waals surface area contributed by atoms with Gasteiger partial charge < -0.3 is 182 Å². The molecule has 12 fully saturated rings. The smallest absolute Gasteiger partial charge is 0.335 e. The van der Waals surface area contributed by atoms with Gasteiger partial charge in [-0.1, -0.05) is 53.2 Å². The zero-order valence-electron chi connectivity index (χ0n) is 66.8. The minimum atomic E-state index is -2.23. The van der Waals surface area contributed by atoms with Crippen LogP contribution in [0.4, 0.5) is 0 Å². The Kier molecular flexibility index (Phi) is 27.1. The fourth-order valence-electron chi connectivity index (χ4n) is 21.7. The molecule has 4 saturated carbocycles. The third-order valence-corrected chi connectivity index (χ3v) is 28.8. The van der Waals surface area contributed by atoms with Crippen LogP contribution in [0.25, 0.3) is 0 Å². The third-order valence-electron chi connectivity index (χ3n) is 28.8. The molecule has 46 atom stereocenters. The molecule has 19 N–H and O–H groups in total. The Balaban J connectivity index is 0.763. The van der Waals surface area contributed by atoms with Gasteiger partial charge in [-0.25, -0.2) is 4.79 Å². The average Bonchev–Trinajstić information content (AvgIpc) is 0.672. The highest BCUT2D eigenvalue weighted by molar-refractivity contribution is 5.79. The maximum Gasteiger partial charge on any atom is 0.335 e. The van der Waals surface area contributed by atoms with Crippen molar-refractivity contribution in [2.75, 3.05) is 26.4 Å². The first-order valence-electron chi connectivity index (χ1n) is 40.6. The number of hydrogen-bond donors (Lipinski definition) is 19. The minimum absolute atomic E-state index is 0.114. The molecule has 0 amide bonds. The Labute approximate surface area is 673 Å². The van der Waals surface area contributed by atoms with Crippen molar-refractivity contribution >= 4 is 24.2 Å². The van der Waals surface area contributed by atoms with Crippen LogP contribution in [-0.2, 0) is 99.7 Å². The van der Waals surface area contributed by atoms with Crippen molar-refractivity contribution < 1.29 is 197 Å². The van der Waals surface area contributed by atoms with Gasteiger partial charge in [-0.05, 0) is 124 Å². The molecule has 40 heteroatoms. The molecule has 0 spiro atoms. The maximum absolute atomic E-state index is 16.2. The van der Waals surface area contributed by atoms with Crippen molar-refractivity contribution in [3.63, 3.8) is 0 Å². The first-order valence-corrected chi connectivity index (χ1v) is 40.6. The molecule has 40 nitrogen and oxygen atoms in total. The Bertz CT molecular complexity index is 3490. The van der Waals surface area contributed by atoms with Gasteiger partial charge in [-0.15, -0.1) is 0 Å². The molecule has 0 bridgehead atoms. The summed E-state index contributed by atoms with van der Waals surface area (Å²) in [6.07, 6.45) is -60.2. The van der Waals surface area contributed by atoms with Crippen molar-refractivity contribution in [1.29, 1.82) is 0 Å². The van der Waals surface area contributed by atoms with E-state index < -0.39 is 317 Å². The number of aliphatic hydroxyl groups is 18. The average molecular weight is 1690 g/mol. The number of hydrogen-bond acceptors (Lipinski definition) is 39. The van der Waals surface area contributed by atoms with E-state index in [2.05, 4.69) is 40.7 Å². The zero-order chi connectivity index (χ0) is 85.3. The Morgan fingerprint density at radius 2 is 0.966 bits per heavy atom. The number of esters is 2. The number of ether oxygens (including phenoxy) is 17. The van der Waals surface area contributed by atoms with E-state index in [0.717, 1.165) is 18.8 Å². The Morgan fingerprint density at radius 1 is 0.453 bits per heavy atom. The summed E-state index contributed by atoms with van der Waals surface area (Å²) >= 11 is 0. The normalized spacial score (nSPS) is 53.9. The zero-order valence-corrected chi connectivity index (χ0v) is 66.8. The van der Waals surface area contributed by atoms with Gasteiger partial charge in [0.25, 0.3) is 0 Å².